The summed E-state index contributed by atoms with van der Waals surface area (Å²) in [6.07, 6.45) is 0. The molecule has 0 aliphatic rings. The molecule has 0 spiro atoms. The molecule has 2 rings (SSSR count). The van der Waals surface area contributed by atoms with E-state index in [0.29, 0.717) is 11.6 Å². The molecule has 2 aromatic rings. The van der Waals surface area contributed by atoms with E-state index >= 15 is 0 Å². The number of carbonyl (C=O) groups is 2. The lowest BCUT2D eigenvalue weighted by Gasteiger charge is -2.07. The van der Waals surface area contributed by atoms with E-state index in [1.807, 2.05) is 35.7 Å². The number of carbonyl (C=O) groups excluding carboxylic acids is 2. The number of rotatable bonds is 8. The number of nitrogens with one attached hydrogen (secondary N) is 1. The van der Waals surface area contributed by atoms with Gasteiger partial charge in [-0.05, 0) is 23.1 Å². The van der Waals surface area contributed by atoms with Crippen molar-refractivity contribution >= 4 is 46.6 Å². The van der Waals surface area contributed by atoms with Gasteiger partial charge in [0, 0.05) is 22.2 Å². The third-order valence-electron chi connectivity index (χ3n) is 2.84. The summed E-state index contributed by atoms with van der Waals surface area (Å²) in [6.45, 7) is 0.0338. The van der Waals surface area contributed by atoms with Gasteiger partial charge in [0.15, 0.2) is 6.61 Å². The van der Waals surface area contributed by atoms with E-state index in [2.05, 4.69) is 5.32 Å². The molecule has 1 amide bonds. The molecule has 122 valence electrons. The van der Waals surface area contributed by atoms with Crippen LogP contribution in [-0.4, -0.2) is 24.2 Å². The largest absolute Gasteiger partial charge is 0.455 e. The highest BCUT2D eigenvalue weighted by molar-refractivity contribution is 7.99. The van der Waals surface area contributed by atoms with Gasteiger partial charge in [0.25, 0.3) is 5.91 Å². The molecule has 1 heterocycles. The highest BCUT2D eigenvalue weighted by Gasteiger charge is 2.08. The third-order valence-corrected chi connectivity index (χ3v) is 5.23. The minimum atomic E-state index is -0.389. The lowest BCUT2D eigenvalue weighted by molar-refractivity contribution is -0.145. The van der Waals surface area contributed by atoms with E-state index in [9.17, 15) is 9.59 Å². The zero-order valence-corrected chi connectivity index (χ0v) is 14.7. The van der Waals surface area contributed by atoms with Gasteiger partial charge in [0.1, 0.15) is 0 Å². The first-order valence-corrected chi connectivity index (χ1v) is 9.32. The van der Waals surface area contributed by atoms with E-state index in [4.69, 9.17) is 16.3 Å². The van der Waals surface area contributed by atoms with Crippen LogP contribution in [0.3, 0.4) is 0 Å². The van der Waals surface area contributed by atoms with Gasteiger partial charge in [-0.3, -0.25) is 9.59 Å². The Kier molecular flexibility index (Phi) is 7.45. The maximum absolute atomic E-state index is 11.7. The van der Waals surface area contributed by atoms with Gasteiger partial charge in [-0.25, -0.2) is 0 Å². The molecular weight excluding hydrogens is 354 g/mol. The van der Waals surface area contributed by atoms with Gasteiger partial charge in [-0.15, -0.1) is 23.1 Å². The van der Waals surface area contributed by atoms with Crippen molar-refractivity contribution in [1.29, 1.82) is 0 Å². The number of ether oxygens (including phenoxy) is 1. The van der Waals surface area contributed by atoms with Gasteiger partial charge in [0.2, 0.25) is 0 Å². The number of hydrogen-bond donors (Lipinski definition) is 1. The number of halogens is 1. The number of benzene rings is 1. The maximum atomic E-state index is 11.7. The second-order valence-corrected chi connectivity index (χ2v) is 7.03. The number of esters is 1. The Morgan fingerprint density at radius 2 is 2.04 bits per heavy atom. The Morgan fingerprint density at radius 1 is 1.22 bits per heavy atom. The lowest BCUT2D eigenvalue weighted by Crippen LogP contribution is -2.28. The predicted octanol–water partition coefficient (Wildman–Crippen LogP) is 3.49. The average Bonchev–Trinajstić information content (AvgIpc) is 3.05. The van der Waals surface area contributed by atoms with Crippen LogP contribution in [0.15, 0.2) is 41.8 Å². The van der Waals surface area contributed by atoms with Crippen molar-refractivity contribution in [2.24, 2.45) is 0 Å². The first-order chi connectivity index (χ1) is 11.1. The molecule has 0 fully saturated rings. The summed E-state index contributed by atoms with van der Waals surface area (Å²) in [5.74, 6) is 0.266. The van der Waals surface area contributed by atoms with Gasteiger partial charge in [-0.1, -0.05) is 35.9 Å². The summed E-state index contributed by atoms with van der Waals surface area (Å²) in [5, 5.41) is 5.26. The van der Waals surface area contributed by atoms with Crippen LogP contribution in [0.4, 0.5) is 0 Å². The molecule has 0 bridgehead atoms. The SMILES string of the molecule is O=C(COC(=O)CSCc1cccs1)NCc1ccccc1Cl. The van der Waals surface area contributed by atoms with Crippen LogP contribution in [0, 0.1) is 0 Å². The molecule has 0 saturated carbocycles. The molecule has 0 saturated heterocycles. The zero-order chi connectivity index (χ0) is 16.5. The molecule has 23 heavy (non-hydrogen) atoms. The van der Waals surface area contributed by atoms with Crippen LogP contribution in [-0.2, 0) is 26.6 Å². The highest BCUT2D eigenvalue weighted by atomic mass is 35.5. The molecule has 0 radical (unpaired) electrons. The molecule has 0 atom stereocenters. The summed E-state index contributed by atoms with van der Waals surface area (Å²) in [6, 6.07) is 11.2. The Morgan fingerprint density at radius 3 is 2.78 bits per heavy atom. The fraction of sp³-hybridized carbons (Fsp3) is 0.250. The van der Waals surface area contributed by atoms with Crippen LogP contribution in [0.25, 0.3) is 0 Å². The van der Waals surface area contributed by atoms with Gasteiger partial charge >= 0.3 is 5.97 Å². The van der Waals surface area contributed by atoms with Crippen molar-refractivity contribution in [3.05, 3.63) is 57.2 Å². The van der Waals surface area contributed by atoms with Crippen molar-refractivity contribution in [2.45, 2.75) is 12.3 Å². The standard InChI is InChI=1S/C16H16ClNO3S2/c17-14-6-2-1-4-12(14)8-18-15(19)9-21-16(20)11-22-10-13-5-3-7-23-13/h1-7H,8-11H2,(H,18,19). The maximum Gasteiger partial charge on any atom is 0.316 e. The topological polar surface area (TPSA) is 55.4 Å². The predicted molar refractivity (Wildman–Crippen MR) is 94.7 cm³/mol. The molecule has 0 unspecified atom stereocenters. The number of amides is 1. The van der Waals surface area contributed by atoms with Gasteiger partial charge < -0.3 is 10.1 Å². The first-order valence-electron chi connectivity index (χ1n) is 6.91. The fourth-order valence-corrected chi connectivity index (χ4v) is 3.57. The summed E-state index contributed by atoms with van der Waals surface area (Å²) < 4.78 is 4.94. The summed E-state index contributed by atoms with van der Waals surface area (Å²) >= 11 is 9.12. The van der Waals surface area contributed by atoms with Crippen LogP contribution in [0.2, 0.25) is 5.02 Å². The monoisotopic (exact) mass is 369 g/mol. The number of thiophene rings is 1. The van der Waals surface area contributed by atoms with Crippen LogP contribution in [0.5, 0.6) is 0 Å². The van der Waals surface area contributed by atoms with E-state index in [1.54, 1.807) is 17.4 Å². The molecule has 1 aromatic carbocycles. The van der Waals surface area contributed by atoms with Crippen molar-refractivity contribution in [2.75, 3.05) is 12.4 Å². The molecule has 0 aliphatic heterocycles. The Hall–Kier alpha value is -1.50. The molecule has 7 heteroatoms. The average molecular weight is 370 g/mol. The molecule has 4 nitrogen and oxygen atoms in total. The smallest absolute Gasteiger partial charge is 0.316 e. The first kappa shape index (κ1) is 17.8. The number of thioether (sulfide) groups is 1. The van der Waals surface area contributed by atoms with Crippen molar-refractivity contribution in [3.63, 3.8) is 0 Å². The fourth-order valence-electron chi connectivity index (χ4n) is 1.70. The van der Waals surface area contributed by atoms with E-state index < -0.39 is 0 Å². The molecule has 1 N–H and O–H groups in total. The van der Waals surface area contributed by atoms with Crippen LogP contribution < -0.4 is 5.32 Å². The Bertz CT molecular complexity index is 647. The Balaban J connectivity index is 1.60. The van der Waals surface area contributed by atoms with Crippen LogP contribution >= 0.6 is 34.7 Å². The number of hydrogen-bond acceptors (Lipinski definition) is 5. The van der Waals surface area contributed by atoms with E-state index in [1.165, 1.54) is 16.6 Å². The molecule has 0 aliphatic carbocycles. The third kappa shape index (κ3) is 6.64. The van der Waals surface area contributed by atoms with Gasteiger partial charge in [0.05, 0.1) is 5.75 Å². The normalized spacial score (nSPS) is 10.3. The summed E-state index contributed by atoms with van der Waals surface area (Å²) in [4.78, 5) is 24.4. The Labute approximate surface area is 148 Å². The van der Waals surface area contributed by atoms with Gasteiger partial charge in [-0.2, -0.15) is 0 Å². The van der Waals surface area contributed by atoms with Crippen molar-refractivity contribution in [1.82, 2.24) is 5.32 Å². The summed E-state index contributed by atoms with van der Waals surface area (Å²) in [5.41, 5.74) is 0.820. The van der Waals surface area contributed by atoms with Crippen LogP contribution in [0.1, 0.15) is 10.4 Å². The minimum absolute atomic E-state index is 0.232. The minimum Gasteiger partial charge on any atom is -0.455 e. The quantitative estimate of drug-likeness (QED) is 0.723. The second kappa shape index (κ2) is 9.60. The van der Waals surface area contributed by atoms with E-state index in [-0.39, 0.29) is 24.2 Å². The lowest BCUT2D eigenvalue weighted by atomic mass is 10.2. The van der Waals surface area contributed by atoms with Crippen molar-refractivity contribution < 1.29 is 14.3 Å². The second-order valence-electron chi connectivity index (χ2n) is 4.60. The summed E-state index contributed by atoms with van der Waals surface area (Å²) in [7, 11) is 0. The zero-order valence-electron chi connectivity index (χ0n) is 12.3. The highest BCUT2D eigenvalue weighted by Crippen LogP contribution is 2.17. The van der Waals surface area contributed by atoms with Crippen molar-refractivity contribution in [3.8, 4) is 0 Å². The van der Waals surface area contributed by atoms with E-state index in [0.717, 1.165) is 11.3 Å². The molecular formula is C16H16ClNO3S2. The molecule has 1 aromatic heterocycles.